The van der Waals surface area contributed by atoms with Crippen molar-refractivity contribution < 1.29 is 18.3 Å². The number of likely N-dealkylation sites (N-methyl/N-ethyl adjacent to an activating group) is 1. The summed E-state index contributed by atoms with van der Waals surface area (Å²) in [6.07, 6.45) is 1.50. The summed E-state index contributed by atoms with van der Waals surface area (Å²) in [7, 11) is 3.43. The van der Waals surface area contributed by atoms with Gasteiger partial charge in [0.15, 0.2) is 5.82 Å². The SMILES string of the molecule is COC1CN(C)C(=O)[C@@H]2C[C@@H](CN2c2ncnc3c(-c4ccc(F)cc4F)n[nH]c23)Nc2cccc(n2)-c2cccc3nc(C)n(c23)C1. The van der Waals surface area contributed by atoms with Gasteiger partial charge in [-0.15, -0.1) is 0 Å². The molecule has 6 heterocycles. The van der Waals surface area contributed by atoms with Crippen LogP contribution in [-0.2, 0) is 16.1 Å². The number of hydrogen-bond donors (Lipinski definition) is 2. The van der Waals surface area contributed by atoms with Crippen LogP contribution in [0.3, 0.4) is 0 Å². The highest BCUT2D eigenvalue weighted by atomic mass is 19.1. The minimum Gasteiger partial charge on any atom is -0.378 e. The fourth-order valence-corrected chi connectivity index (χ4v) is 6.99. The van der Waals surface area contributed by atoms with Crippen LogP contribution in [0.5, 0.6) is 0 Å². The van der Waals surface area contributed by atoms with E-state index >= 15 is 0 Å². The number of benzene rings is 2. The molecule has 3 atom stereocenters. The number of halogens is 2. The van der Waals surface area contributed by atoms with Gasteiger partial charge < -0.3 is 24.4 Å². The van der Waals surface area contributed by atoms with Gasteiger partial charge in [0, 0.05) is 50.5 Å². The molecule has 4 bridgehead atoms. The highest BCUT2D eigenvalue weighted by Crippen LogP contribution is 2.36. The predicted octanol–water partition coefficient (Wildman–Crippen LogP) is 4.56. The molecule has 2 N–H and O–H groups in total. The monoisotopic (exact) mass is 650 g/mol. The van der Waals surface area contributed by atoms with Gasteiger partial charge in [-0.25, -0.2) is 28.7 Å². The summed E-state index contributed by atoms with van der Waals surface area (Å²) < 4.78 is 36.6. The molecule has 2 aliphatic heterocycles. The maximum absolute atomic E-state index is 14.8. The van der Waals surface area contributed by atoms with Crippen molar-refractivity contribution in [3.8, 4) is 22.5 Å². The summed E-state index contributed by atoms with van der Waals surface area (Å²) in [4.78, 5) is 36.8. The minimum atomic E-state index is -0.756. The lowest BCUT2D eigenvalue weighted by atomic mass is 10.1. The van der Waals surface area contributed by atoms with E-state index in [1.807, 2.05) is 48.2 Å². The molecule has 0 spiro atoms. The van der Waals surface area contributed by atoms with Crippen molar-refractivity contribution in [2.24, 2.45) is 0 Å². The Balaban J connectivity index is 1.22. The van der Waals surface area contributed by atoms with E-state index < -0.39 is 17.7 Å². The number of fused-ring (bicyclic) bond motifs is 6. The molecule has 0 saturated carbocycles. The van der Waals surface area contributed by atoms with Gasteiger partial charge in [0.25, 0.3) is 0 Å². The van der Waals surface area contributed by atoms with Crippen LogP contribution in [-0.4, -0.2) is 90.9 Å². The Bertz CT molecular complexity index is 2200. The quantitative estimate of drug-likeness (QED) is 0.283. The normalized spacial score (nSPS) is 19.9. The summed E-state index contributed by atoms with van der Waals surface area (Å²) in [5.41, 5.74) is 4.71. The topological polar surface area (TPSA) is 130 Å². The molecular formula is C34H32F2N10O2. The fraction of sp³-hybridized carbons (Fsp3) is 0.294. The van der Waals surface area contributed by atoms with Crippen molar-refractivity contribution in [3.63, 3.8) is 0 Å². The minimum absolute atomic E-state index is 0.102. The van der Waals surface area contributed by atoms with Gasteiger partial charge in [0.2, 0.25) is 5.91 Å². The van der Waals surface area contributed by atoms with Gasteiger partial charge in [-0.3, -0.25) is 9.89 Å². The van der Waals surface area contributed by atoms with Gasteiger partial charge in [0.05, 0.1) is 29.4 Å². The average molecular weight is 651 g/mol. The van der Waals surface area contributed by atoms with Gasteiger partial charge in [0.1, 0.15) is 52.4 Å². The van der Waals surface area contributed by atoms with Crippen LogP contribution >= 0.6 is 0 Å². The van der Waals surface area contributed by atoms with Gasteiger partial charge in [-0.1, -0.05) is 18.2 Å². The van der Waals surface area contributed by atoms with Crippen LogP contribution < -0.4 is 10.2 Å². The first kappa shape index (κ1) is 29.9. The zero-order valence-electron chi connectivity index (χ0n) is 26.5. The second-order valence-corrected chi connectivity index (χ2v) is 12.3. The molecule has 244 valence electrons. The van der Waals surface area contributed by atoms with Crippen molar-refractivity contribution in [1.82, 2.24) is 39.6 Å². The van der Waals surface area contributed by atoms with E-state index in [1.54, 1.807) is 19.1 Å². The lowest BCUT2D eigenvalue weighted by Gasteiger charge is -2.30. The number of carbonyl (C=O) groups excluding carboxylic acids is 1. The predicted molar refractivity (Wildman–Crippen MR) is 176 cm³/mol. The number of aromatic amines is 1. The Morgan fingerprint density at radius 1 is 0.979 bits per heavy atom. The maximum atomic E-state index is 14.8. The zero-order valence-corrected chi connectivity index (χ0v) is 26.5. The van der Waals surface area contributed by atoms with Crippen molar-refractivity contribution in [2.75, 3.05) is 37.5 Å². The van der Waals surface area contributed by atoms with Crippen LogP contribution in [0.4, 0.5) is 20.4 Å². The molecule has 6 aromatic rings. The Morgan fingerprint density at radius 2 is 1.83 bits per heavy atom. The third-order valence-electron chi connectivity index (χ3n) is 9.28. The molecule has 0 aliphatic carbocycles. The van der Waals surface area contributed by atoms with Gasteiger partial charge in [-0.2, -0.15) is 5.10 Å². The number of para-hydroxylation sites is 1. The number of aromatic nitrogens is 7. The highest BCUT2D eigenvalue weighted by molar-refractivity contribution is 5.97. The molecule has 2 aliphatic rings. The summed E-state index contributed by atoms with van der Waals surface area (Å²) in [5.74, 6) is 0.410. The molecule has 8 rings (SSSR count). The number of methoxy groups -OCH3 is 1. The highest BCUT2D eigenvalue weighted by Gasteiger charge is 2.41. The van der Waals surface area contributed by atoms with E-state index in [-0.39, 0.29) is 29.3 Å². The molecule has 1 saturated heterocycles. The standard InChI is InChI=1S/C34H32F2N10O2/c1-18-39-26-8-4-6-23-25-7-5-9-28(41-25)40-20-13-27(34(47)44(2)15-21(48-3)16-45(18)32(23)26)46(14-20)33-31-30(37-17-38-33)29(42-43-31)22-11-10-19(35)12-24(22)36/h4-12,17,20-21,27H,13-16H2,1-3H3,(H,40,41)(H,42,43)/t20-,21?,27-/m0/s1. The Morgan fingerprint density at radius 3 is 2.67 bits per heavy atom. The van der Waals surface area contributed by atoms with Crippen molar-refractivity contribution in [1.29, 1.82) is 0 Å². The number of H-pyrrole nitrogens is 1. The van der Waals surface area contributed by atoms with Crippen LogP contribution in [0.2, 0.25) is 0 Å². The lowest BCUT2D eigenvalue weighted by Crippen LogP contribution is -2.47. The molecule has 48 heavy (non-hydrogen) atoms. The Hall–Kier alpha value is -5.50. The number of anilines is 2. The summed E-state index contributed by atoms with van der Waals surface area (Å²) in [6, 6.07) is 14.4. The number of hydrogen-bond acceptors (Lipinski definition) is 9. The first-order valence-corrected chi connectivity index (χ1v) is 15.7. The number of carbonyl (C=O) groups is 1. The summed E-state index contributed by atoms with van der Waals surface area (Å²) >= 11 is 0. The second kappa shape index (κ2) is 11.6. The van der Waals surface area contributed by atoms with E-state index in [2.05, 4.69) is 30.0 Å². The molecule has 14 heteroatoms. The smallest absolute Gasteiger partial charge is 0.245 e. The largest absolute Gasteiger partial charge is 0.378 e. The third-order valence-corrected chi connectivity index (χ3v) is 9.28. The number of aryl methyl sites for hydroxylation is 1. The van der Waals surface area contributed by atoms with Gasteiger partial charge in [-0.05, 0) is 43.7 Å². The Labute approximate surface area is 273 Å². The molecule has 1 fully saturated rings. The molecule has 1 amide bonds. The van der Waals surface area contributed by atoms with E-state index in [9.17, 15) is 13.6 Å². The second-order valence-electron chi connectivity index (χ2n) is 12.3. The molecule has 4 aromatic heterocycles. The number of pyridine rings is 1. The fourth-order valence-electron chi connectivity index (χ4n) is 6.99. The van der Waals surface area contributed by atoms with Crippen molar-refractivity contribution >= 4 is 39.6 Å². The number of rotatable bonds is 3. The third kappa shape index (κ3) is 4.99. The van der Waals surface area contributed by atoms with E-state index in [0.29, 0.717) is 48.7 Å². The first-order valence-electron chi connectivity index (χ1n) is 15.7. The van der Waals surface area contributed by atoms with E-state index in [0.717, 1.165) is 34.2 Å². The Kier molecular flexibility index (Phi) is 7.24. The number of nitrogens with one attached hydrogen (secondary N) is 2. The molecule has 1 unspecified atom stereocenters. The van der Waals surface area contributed by atoms with Crippen LogP contribution in [0.1, 0.15) is 12.2 Å². The van der Waals surface area contributed by atoms with Crippen molar-refractivity contribution in [3.05, 3.63) is 78.4 Å². The van der Waals surface area contributed by atoms with Crippen LogP contribution in [0.25, 0.3) is 44.6 Å². The lowest BCUT2D eigenvalue weighted by molar-refractivity contribution is -0.132. The average Bonchev–Trinajstić information content (AvgIpc) is 3.79. The van der Waals surface area contributed by atoms with Gasteiger partial charge >= 0.3 is 0 Å². The number of imidazole rings is 1. The first-order chi connectivity index (χ1) is 23.3. The zero-order chi connectivity index (χ0) is 33.1. The number of ether oxygens (including phenoxy) is 1. The van der Waals surface area contributed by atoms with Crippen molar-refractivity contribution in [2.45, 2.75) is 38.1 Å². The summed E-state index contributed by atoms with van der Waals surface area (Å²) in [5, 5.41) is 10.9. The maximum Gasteiger partial charge on any atom is 0.245 e. The summed E-state index contributed by atoms with van der Waals surface area (Å²) in [6.45, 7) is 3.19. The number of amides is 1. The van der Waals surface area contributed by atoms with E-state index in [1.165, 1.54) is 18.5 Å². The molecule has 12 nitrogen and oxygen atoms in total. The van der Waals surface area contributed by atoms with Crippen LogP contribution in [0, 0.1) is 18.6 Å². The number of nitrogens with zero attached hydrogens (tertiary/aromatic N) is 8. The molecule has 0 radical (unpaired) electrons. The molecular weight excluding hydrogens is 618 g/mol. The molecule has 2 aromatic carbocycles. The van der Waals surface area contributed by atoms with Crippen LogP contribution in [0.15, 0.2) is 60.9 Å². The van der Waals surface area contributed by atoms with E-state index in [4.69, 9.17) is 14.7 Å².